The third kappa shape index (κ3) is 5.68. The summed E-state index contributed by atoms with van der Waals surface area (Å²) in [7, 11) is 2.96. The molecule has 0 N–H and O–H groups in total. The van der Waals surface area contributed by atoms with Gasteiger partial charge in [0.15, 0.2) is 0 Å². The molecule has 0 fully saturated rings. The second kappa shape index (κ2) is 7.60. The number of benzene rings is 1. The van der Waals surface area contributed by atoms with Gasteiger partial charge < -0.3 is 4.74 Å². The van der Waals surface area contributed by atoms with Crippen molar-refractivity contribution in [3.8, 4) is 0 Å². The van der Waals surface area contributed by atoms with Crippen molar-refractivity contribution < 1.29 is 4.74 Å². The molecular weight excluding hydrogens is 379 g/mol. The fourth-order valence-corrected chi connectivity index (χ4v) is 4.84. The van der Waals surface area contributed by atoms with E-state index in [-0.39, 0.29) is 16.2 Å². The lowest BCUT2D eigenvalue weighted by Crippen LogP contribution is -2.30. The van der Waals surface area contributed by atoms with E-state index in [1.807, 2.05) is 0 Å². The van der Waals surface area contributed by atoms with Crippen molar-refractivity contribution in [3.05, 3.63) is 28.8 Å². The van der Waals surface area contributed by atoms with Gasteiger partial charge in [0.2, 0.25) is 0 Å². The Bertz CT molecular complexity index is 575. The van der Waals surface area contributed by atoms with Crippen molar-refractivity contribution in [2.75, 3.05) is 13.7 Å². The van der Waals surface area contributed by atoms with E-state index < -0.39 is 0 Å². The molecule has 24 heavy (non-hydrogen) atoms. The number of hydrogen-bond acceptors (Lipinski definition) is 1. The van der Waals surface area contributed by atoms with Crippen LogP contribution in [0.25, 0.3) is 0 Å². The molecule has 0 amide bonds. The zero-order valence-electron chi connectivity index (χ0n) is 17.1. The van der Waals surface area contributed by atoms with Crippen molar-refractivity contribution in [1.82, 2.24) is 0 Å². The monoisotopic (exact) mass is 412 g/mol. The van der Waals surface area contributed by atoms with E-state index in [4.69, 9.17) is 4.74 Å². The molecule has 1 nitrogen and oxygen atoms in total. The van der Waals surface area contributed by atoms with Crippen molar-refractivity contribution in [2.24, 2.45) is 0 Å². The maximum Gasteiger partial charge on any atom is 0.0821 e. The quantitative estimate of drug-likeness (QED) is 0.527. The van der Waals surface area contributed by atoms with E-state index in [2.05, 4.69) is 90.4 Å². The minimum absolute atomic E-state index is 0.101. The maximum atomic E-state index is 5.31. The Morgan fingerprint density at radius 3 is 1.58 bits per heavy atom. The van der Waals surface area contributed by atoms with Crippen LogP contribution in [0.4, 0.5) is 0 Å². The van der Waals surface area contributed by atoms with Crippen molar-refractivity contribution >= 4 is 33.6 Å². The van der Waals surface area contributed by atoms with Crippen LogP contribution in [0.15, 0.2) is 12.1 Å². The summed E-state index contributed by atoms with van der Waals surface area (Å²) in [4.78, 5) is 0. The molecule has 0 radical (unpaired) electrons. The van der Waals surface area contributed by atoms with E-state index in [9.17, 15) is 0 Å². The van der Waals surface area contributed by atoms with Gasteiger partial charge in [-0.2, -0.15) is 0 Å². The molecule has 0 aliphatic rings. The lowest BCUT2D eigenvalue weighted by molar-refractivity contribution is 0.249. The first-order chi connectivity index (χ1) is 10.7. The molecule has 0 aliphatic carbocycles. The van der Waals surface area contributed by atoms with Crippen LogP contribution in [-0.2, 0) is 21.0 Å². The van der Waals surface area contributed by atoms with Gasteiger partial charge in [-0.3, -0.25) is 0 Å². The summed E-state index contributed by atoms with van der Waals surface area (Å²) in [6.07, 6.45) is 0. The minimum Gasteiger partial charge on any atom is -0.379 e. The molecule has 1 aromatic carbocycles. The molecule has 0 spiro atoms. The molecule has 3 heteroatoms. The lowest BCUT2D eigenvalue weighted by atomic mass is 9.75. The summed E-state index contributed by atoms with van der Waals surface area (Å²) in [5.41, 5.74) is 4.64. The highest BCUT2D eigenvalue weighted by molar-refractivity contribution is 9.19. The van der Waals surface area contributed by atoms with Crippen LogP contribution in [-0.4, -0.2) is 17.9 Å². The number of hydrogen-bond donors (Lipinski definition) is 0. The van der Waals surface area contributed by atoms with Gasteiger partial charge >= 0.3 is 0 Å². The standard InChI is InChI=1S/C21H34BrOP/c1-19(2,3)14-11-15(20(4,5)6)18(24-17(22)13-23-10)16(12-14)21(7,8)9/h11-12H,13H2,1-10H3. The summed E-state index contributed by atoms with van der Waals surface area (Å²) < 4.78 is 6.48. The normalized spacial score (nSPS) is 14.2. The van der Waals surface area contributed by atoms with Crippen molar-refractivity contribution in [3.63, 3.8) is 0 Å². The SMILES string of the molecule is COCC(Br)=Pc1c(C(C)(C)C)cc(C(C)(C)C)cc1C(C)(C)C. The third-order valence-electron chi connectivity index (χ3n) is 4.09. The first-order valence-corrected chi connectivity index (χ1v) is 10.3. The number of halogens is 1. The molecule has 0 aromatic heterocycles. The second-order valence-electron chi connectivity index (χ2n) is 9.59. The van der Waals surface area contributed by atoms with Gasteiger partial charge in [-0.15, -0.1) is 0 Å². The summed E-state index contributed by atoms with van der Waals surface area (Å²) >= 11 is 3.71. The second-order valence-corrected chi connectivity index (χ2v) is 12.4. The maximum absolute atomic E-state index is 5.31. The molecule has 1 aromatic rings. The number of rotatable bonds is 3. The zero-order valence-corrected chi connectivity index (χ0v) is 19.6. The Morgan fingerprint density at radius 1 is 0.875 bits per heavy atom. The van der Waals surface area contributed by atoms with Gasteiger partial charge in [0.05, 0.1) is 6.61 Å². The highest BCUT2D eigenvalue weighted by Gasteiger charge is 2.28. The highest BCUT2D eigenvalue weighted by Crippen LogP contribution is 2.35. The van der Waals surface area contributed by atoms with Crippen LogP contribution in [0.5, 0.6) is 0 Å². The van der Waals surface area contributed by atoms with Gasteiger partial charge in [-0.25, -0.2) is 0 Å². The Kier molecular flexibility index (Phi) is 6.93. The largest absolute Gasteiger partial charge is 0.379 e. The lowest BCUT2D eigenvalue weighted by Gasteiger charge is -2.32. The van der Waals surface area contributed by atoms with E-state index in [0.29, 0.717) is 6.61 Å². The average Bonchev–Trinajstić information content (AvgIpc) is 2.34. The molecule has 0 atom stereocenters. The van der Waals surface area contributed by atoms with Crippen molar-refractivity contribution in [2.45, 2.75) is 78.6 Å². The van der Waals surface area contributed by atoms with Crippen LogP contribution >= 0.6 is 24.1 Å². The van der Waals surface area contributed by atoms with Gasteiger partial charge in [-0.05, 0) is 48.9 Å². The van der Waals surface area contributed by atoms with Crippen LogP contribution in [0, 0.1) is 0 Å². The van der Waals surface area contributed by atoms with E-state index in [1.54, 1.807) is 7.11 Å². The average molecular weight is 413 g/mol. The van der Waals surface area contributed by atoms with Crippen LogP contribution in [0.2, 0.25) is 0 Å². The fourth-order valence-electron chi connectivity index (χ4n) is 2.60. The number of methoxy groups -OCH3 is 1. The molecule has 0 aliphatic heterocycles. The molecule has 0 heterocycles. The van der Waals surface area contributed by atoms with Gasteiger partial charge in [0.1, 0.15) is 0 Å². The topological polar surface area (TPSA) is 9.23 Å². The van der Waals surface area contributed by atoms with Gasteiger partial charge in [0.25, 0.3) is 0 Å². The Hall–Kier alpha value is -0.170. The zero-order chi connectivity index (χ0) is 18.9. The predicted molar refractivity (Wildman–Crippen MR) is 115 cm³/mol. The summed E-state index contributed by atoms with van der Waals surface area (Å²) in [6.45, 7) is 21.4. The first kappa shape index (κ1) is 21.9. The summed E-state index contributed by atoms with van der Waals surface area (Å²) in [5, 5.41) is 1.42. The predicted octanol–water partition coefficient (Wildman–Crippen LogP) is 6.32. The third-order valence-corrected chi connectivity index (χ3v) is 5.93. The molecule has 0 bridgehead atoms. The Balaban J connectivity index is 3.85. The van der Waals surface area contributed by atoms with Gasteiger partial charge in [0, 0.05) is 16.6 Å². The molecular formula is C21H34BrOP. The number of ether oxygens (including phenoxy) is 1. The van der Waals surface area contributed by atoms with E-state index in [1.165, 1.54) is 34.4 Å². The molecule has 0 saturated heterocycles. The van der Waals surface area contributed by atoms with Crippen LogP contribution in [0.3, 0.4) is 0 Å². The van der Waals surface area contributed by atoms with E-state index in [0.717, 1.165) is 0 Å². The minimum atomic E-state index is 0.101. The highest BCUT2D eigenvalue weighted by atomic mass is 79.9. The van der Waals surface area contributed by atoms with E-state index >= 15 is 0 Å². The van der Waals surface area contributed by atoms with Crippen LogP contribution in [0.1, 0.15) is 79.0 Å². The summed E-state index contributed by atoms with van der Waals surface area (Å²) in [6, 6.07) is 4.84. The first-order valence-electron chi connectivity index (χ1n) is 8.59. The molecule has 0 saturated carbocycles. The fraction of sp³-hybridized carbons (Fsp3) is 0.667. The van der Waals surface area contributed by atoms with Crippen molar-refractivity contribution in [1.29, 1.82) is 0 Å². The van der Waals surface area contributed by atoms with Crippen LogP contribution < -0.4 is 5.30 Å². The summed E-state index contributed by atoms with van der Waals surface area (Å²) in [5.74, 6) is 0. The molecule has 1 rings (SSSR count). The Morgan fingerprint density at radius 2 is 1.29 bits per heavy atom. The van der Waals surface area contributed by atoms with Gasteiger partial charge in [-0.1, -0.05) is 82.7 Å². The molecule has 0 unspecified atom stereocenters. The molecule has 136 valence electrons. The smallest absolute Gasteiger partial charge is 0.0821 e. The Labute approximate surface area is 159 Å².